The van der Waals surface area contributed by atoms with E-state index in [4.69, 9.17) is 0 Å². The van der Waals surface area contributed by atoms with Crippen LogP contribution in [0.4, 0.5) is 0 Å². The number of nitrogens with zero attached hydrogens (tertiary/aromatic N) is 2. The van der Waals surface area contributed by atoms with Gasteiger partial charge in [0.25, 0.3) is 0 Å². The number of Topliss-reactive ketones (excluding diaryl/α,β-unsaturated/α-hetero) is 1. The Morgan fingerprint density at radius 1 is 1.12 bits per heavy atom. The SMILES string of the molecule is CCN1CCN(C2CCCCCC2=O)CC1. The first kappa shape index (κ1) is 12.1. The fraction of sp³-hybridized carbons (Fsp3) is 0.923. The van der Waals surface area contributed by atoms with Crippen LogP contribution in [0.3, 0.4) is 0 Å². The van der Waals surface area contributed by atoms with Gasteiger partial charge in [0.05, 0.1) is 6.04 Å². The summed E-state index contributed by atoms with van der Waals surface area (Å²) in [5, 5.41) is 0. The maximum atomic E-state index is 12.0. The molecule has 1 unspecified atom stereocenters. The summed E-state index contributed by atoms with van der Waals surface area (Å²) >= 11 is 0. The van der Waals surface area contributed by atoms with Gasteiger partial charge in [-0.2, -0.15) is 0 Å². The fourth-order valence-electron chi connectivity index (χ4n) is 2.92. The highest BCUT2D eigenvalue weighted by Gasteiger charge is 2.28. The molecule has 0 aromatic rings. The van der Waals surface area contributed by atoms with E-state index in [0.29, 0.717) is 5.78 Å². The zero-order chi connectivity index (χ0) is 11.4. The summed E-state index contributed by atoms with van der Waals surface area (Å²) in [5.41, 5.74) is 0. The summed E-state index contributed by atoms with van der Waals surface area (Å²) in [5.74, 6) is 0.502. The average molecular weight is 224 g/mol. The summed E-state index contributed by atoms with van der Waals surface area (Å²) in [6.45, 7) is 7.81. The monoisotopic (exact) mass is 224 g/mol. The highest BCUT2D eigenvalue weighted by molar-refractivity contribution is 5.84. The van der Waals surface area contributed by atoms with Crippen LogP contribution in [-0.2, 0) is 4.79 Å². The highest BCUT2D eigenvalue weighted by atomic mass is 16.1. The summed E-state index contributed by atoms with van der Waals surface area (Å²) in [6, 6.07) is 0.251. The largest absolute Gasteiger partial charge is 0.301 e. The van der Waals surface area contributed by atoms with Crippen molar-refractivity contribution in [3.05, 3.63) is 0 Å². The van der Waals surface area contributed by atoms with Crippen molar-refractivity contribution in [1.29, 1.82) is 0 Å². The van der Waals surface area contributed by atoms with Crippen LogP contribution in [0, 0.1) is 0 Å². The molecule has 3 heteroatoms. The minimum absolute atomic E-state index is 0.251. The van der Waals surface area contributed by atoms with Crippen LogP contribution >= 0.6 is 0 Å². The standard InChI is InChI=1S/C13H24N2O/c1-2-14-8-10-15(11-9-14)12-6-4-3-5-7-13(12)16/h12H,2-11H2,1H3. The number of carbonyl (C=O) groups excluding carboxylic acids is 1. The predicted octanol–water partition coefficient (Wildman–Crippen LogP) is 1.53. The molecule has 0 aromatic heterocycles. The third kappa shape index (κ3) is 2.83. The number of hydrogen-bond donors (Lipinski definition) is 0. The topological polar surface area (TPSA) is 23.6 Å². The second kappa shape index (κ2) is 5.78. The lowest BCUT2D eigenvalue weighted by molar-refractivity contribution is -0.124. The Kier molecular flexibility index (Phi) is 4.36. The normalized spacial score (nSPS) is 30.3. The number of likely N-dealkylation sites (N-methyl/N-ethyl adjacent to an activating group) is 1. The van der Waals surface area contributed by atoms with E-state index in [0.717, 1.165) is 52.0 Å². The molecule has 1 heterocycles. The predicted molar refractivity (Wildman–Crippen MR) is 65.6 cm³/mol. The van der Waals surface area contributed by atoms with Crippen LogP contribution in [-0.4, -0.2) is 54.3 Å². The Morgan fingerprint density at radius 3 is 2.56 bits per heavy atom. The van der Waals surface area contributed by atoms with Gasteiger partial charge in [0, 0.05) is 32.6 Å². The van der Waals surface area contributed by atoms with Crippen molar-refractivity contribution in [1.82, 2.24) is 9.80 Å². The summed E-state index contributed by atoms with van der Waals surface area (Å²) < 4.78 is 0. The van der Waals surface area contributed by atoms with E-state index in [1.165, 1.54) is 12.8 Å². The number of hydrogen-bond acceptors (Lipinski definition) is 3. The first-order valence-corrected chi connectivity index (χ1v) is 6.80. The molecule has 2 rings (SSSR count). The number of rotatable bonds is 2. The Labute approximate surface area is 98.8 Å². The average Bonchev–Trinajstić information content (AvgIpc) is 2.54. The van der Waals surface area contributed by atoms with Crippen LogP contribution in [0.5, 0.6) is 0 Å². The molecular formula is C13H24N2O. The van der Waals surface area contributed by atoms with Gasteiger partial charge >= 0.3 is 0 Å². The van der Waals surface area contributed by atoms with Gasteiger partial charge in [0.2, 0.25) is 0 Å². The molecule has 1 saturated carbocycles. The first-order chi connectivity index (χ1) is 7.81. The smallest absolute Gasteiger partial charge is 0.149 e. The van der Waals surface area contributed by atoms with Gasteiger partial charge in [-0.25, -0.2) is 0 Å². The maximum Gasteiger partial charge on any atom is 0.149 e. The molecule has 0 aromatic carbocycles. The zero-order valence-corrected chi connectivity index (χ0v) is 10.5. The van der Waals surface area contributed by atoms with E-state index in [1.54, 1.807) is 0 Å². The van der Waals surface area contributed by atoms with E-state index in [1.807, 2.05) is 0 Å². The molecule has 1 aliphatic carbocycles. The number of piperazine rings is 1. The molecule has 92 valence electrons. The van der Waals surface area contributed by atoms with Crippen molar-refractivity contribution >= 4 is 5.78 Å². The minimum atomic E-state index is 0.251. The van der Waals surface area contributed by atoms with Gasteiger partial charge in [-0.05, 0) is 19.4 Å². The summed E-state index contributed by atoms with van der Waals surface area (Å²) in [4.78, 5) is 16.9. The van der Waals surface area contributed by atoms with Crippen LogP contribution in [0.2, 0.25) is 0 Å². The number of ketones is 1. The molecule has 0 N–H and O–H groups in total. The molecule has 0 radical (unpaired) electrons. The lowest BCUT2D eigenvalue weighted by Gasteiger charge is -2.38. The lowest BCUT2D eigenvalue weighted by atomic mass is 10.0. The van der Waals surface area contributed by atoms with E-state index in [2.05, 4.69) is 16.7 Å². The molecule has 0 bridgehead atoms. The zero-order valence-electron chi connectivity index (χ0n) is 10.5. The summed E-state index contributed by atoms with van der Waals surface area (Å²) in [6.07, 6.45) is 5.52. The quantitative estimate of drug-likeness (QED) is 0.665. The van der Waals surface area contributed by atoms with Crippen molar-refractivity contribution < 1.29 is 4.79 Å². The second-order valence-electron chi connectivity index (χ2n) is 5.05. The second-order valence-corrected chi connectivity index (χ2v) is 5.05. The molecule has 0 amide bonds. The highest BCUT2D eigenvalue weighted by Crippen LogP contribution is 2.20. The van der Waals surface area contributed by atoms with Gasteiger partial charge in [0.1, 0.15) is 5.78 Å². The Hall–Kier alpha value is -0.410. The minimum Gasteiger partial charge on any atom is -0.301 e. The molecule has 2 fully saturated rings. The molecule has 1 atom stereocenters. The molecule has 16 heavy (non-hydrogen) atoms. The van der Waals surface area contributed by atoms with E-state index >= 15 is 0 Å². The van der Waals surface area contributed by atoms with Crippen LogP contribution < -0.4 is 0 Å². The maximum absolute atomic E-state index is 12.0. The third-order valence-electron chi connectivity index (χ3n) is 4.07. The summed E-state index contributed by atoms with van der Waals surface area (Å²) in [7, 11) is 0. The molecule has 1 saturated heterocycles. The van der Waals surface area contributed by atoms with Gasteiger partial charge in [-0.1, -0.05) is 19.8 Å². The van der Waals surface area contributed by atoms with Crippen molar-refractivity contribution in [2.45, 2.75) is 45.1 Å². The van der Waals surface area contributed by atoms with Crippen molar-refractivity contribution in [3.63, 3.8) is 0 Å². The van der Waals surface area contributed by atoms with Crippen LogP contribution in [0.1, 0.15) is 39.0 Å². The van der Waals surface area contributed by atoms with Crippen LogP contribution in [0.25, 0.3) is 0 Å². The molecule has 3 nitrogen and oxygen atoms in total. The van der Waals surface area contributed by atoms with Crippen LogP contribution in [0.15, 0.2) is 0 Å². The lowest BCUT2D eigenvalue weighted by Crippen LogP contribution is -2.52. The third-order valence-corrected chi connectivity index (χ3v) is 4.07. The first-order valence-electron chi connectivity index (χ1n) is 6.80. The van der Waals surface area contributed by atoms with E-state index in [-0.39, 0.29) is 6.04 Å². The molecule has 0 spiro atoms. The Bertz CT molecular complexity index is 234. The fourth-order valence-corrected chi connectivity index (χ4v) is 2.92. The number of carbonyl (C=O) groups is 1. The molecular weight excluding hydrogens is 200 g/mol. The van der Waals surface area contributed by atoms with Gasteiger partial charge in [0.15, 0.2) is 0 Å². The van der Waals surface area contributed by atoms with Gasteiger partial charge < -0.3 is 4.90 Å². The van der Waals surface area contributed by atoms with Gasteiger partial charge in [-0.3, -0.25) is 9.69 Å². The Balaban J connectivity index is 1.89. The van der Waals surface area contributed by atoms with Crippen molar-refractivity contribution in [2.75, 3.05) is 32.7 Å². The Morgan fingerprint density at radius 2 is 1.88 bits per heavy atom. The van der Waals surface area contributed by atoms with Gasteiger partial charge in [-0.15, -0.1) is 0 Å². The van der Waals surface area contributed by atoms with Crippen molar-refractivity contribution in [3.8, 4) is 0 Å². The van der Waals surface area contributed by atoms with E-state index in [9.17, 15) is 4.79 Å². The molecule has 1 aliphatic heterocycles. The molecule has 2 aliphatic rings. The van der Waals surface area contributed by atoms with E-state index < -0.39 is 0 Å². The van der Waals surface area contributed by atoms with Crippen molar-refractivity contribution in [2.24, 2.45) is 0 Å².